The fraction of sp³-hybridized carbons (Fsp3) is 0.400. The van der Waals surface area contributed by atoms with E-state index in [1.54, 1.807) is 18.6 Å². The van der Waals surface area contributed by atoms with Gasteiger partial charge in [-0.05, 0) is 24.8 Å². The van der Waals surface area contributed by atoms with E-state index in [0.29, 0.717) is 6.42 Å². The van der Waals surface area contributed by atoms with Crippen molar-refractivity contribution in [2.75, 3.05) is 24.5 Å². The van der Waals surface area contributed by atoms with Crippen molar-refractivity contribution in [3.05, 3.63) is 54.5 Å². The first kappa shape index (κ1) is 18.8. The molecule has 1 amide bonds. The summed E-state index contributed by atoms with van der Waals surface area (Å²) in [5.41, 5.74) is 0.955. The van der Waals surface area contributed by atoms with Crippen LogP contribution in [0.4, 0.5) is 5.82 Å². The first-order valence-electron chi connectivity index (χ1n) is 9.19. The van der Waals surface area contributed by atoms with Crippen LogP contribution in [0.1, 0.15) is 18.4 Å². The number of piperidine rings is 1. The van der Waals surface area contributed by atoms with Crippen molar-refractivity contribution >= 4 is 17.7 Å². The molecule has 1 fully saturated rings. The Kier molecular flexibility index (Phi) is 6.35. The quantitative estimate of drug-likeness (QED) is 0.773. The molecular formula is C20H24N4O3. The molecule has 3 rings (SSSR count). The summed E-state index contributed by atoms with van der Waals surface area (Å²) in [6.45, 7) is 1.62. The highest BCUT2D eigenvalue weighted by atomic mass is 16.4. The third-order valence-electron chi connectivity index (χ3n) is 4.94. The molecule has 142 valence electrons. The Morgan fingerprint density at radius 3 is 2.56 bits per heavy atom. The second-order valence-electron chi connectivity index (χ2n) is 6.79. The lowest BCUT2D eigenvalue weighted by Gasteiger charge is -2.32. The predicted molar refractivity (Wildman–Crippen MR) is 101 cm³/mol. The highest BCUT2D eigenvalue weighted by Gasteiger charge is 2.27. The maximum atomic E-state index is 12.5. The third-order valence-corrected chi connectivity index (χ3v) is 4.94. The van der Waals surface area contributed by atoms with Gasteiger partial charge in [-0.15, -0.1) is 0 Å². The molecule has 7 nitrogen and oxygen atoms in total. The van der Waals surface area contributed by atoms with Crippen LogP contribution in [0.25, 0.3) is 0 Å². The molecule has 2 heterocycles. The average Bonchev–Trinajstić information content (AvgIpc) is 2.72. The summed E-state index contributed by atoms with van der Waals surface area (Å²) in [6, 6.07) is 9.48. The van der Waals surface area contributed by atoms with E-state index in [0.717, 1.165) is 37.3 Å². The Hall–Kier alpha value is -2.96. The third kappa shape index (κ3) is 5.26. The van der Waals surface area contributed by atoms with Crippen molar-refractivity contribution in [1.82, 2.24) is 15.3 Å². The van der Waals surface area contributed by atoms with Crippen LogP contribution < -0.4 is 10.2 Å². The van der Waals surface area contributed by atoms with Gasteiger partial charge >= 0.3 is 5.97 Å². The van der Waals surface area contributed by atoms with E-state index in [-0.39, 0.29) is 18.4 Å². The SMILES string of the molecule is O=C(O)C(CNC(=O)C1CCN(c2cnccn2)CC1)Cc1ccccc1. The number of carboxylic acids is 1. The van der Waals surface area contributed by atoms with Gasteiger partial charge < -0.3 is 15.3 Å². The van der Waals surface area contributed by atoms with Crippen LogP contribution in [0.3, 0.4) is 0 Å². The van der Waals surface area contributed by atoms with E-state index < -0.39 is 11.9 Å². The number of carboxylic acid groups (broad SMARTS) is 1. The van der Waals surface area contributed by atoms with Crippen LogP contribution in [0.5, 0.6) is 0 Å². The molecule has 27 heavy (non-hydrogen) atoms. The number of hydrogen-bond acceptors (Lipinski definition) is 5. The summed E-state index contributed by atoms with van der Waals surface area (Å²) in [6.07, 6.45) is 6.87. The van der Waals surface area contributed by atoms with Crippen LogP contribution in [-0.4, -0.2) is 46.6 Å². The molecule has 2 N–H and O–H groups in total. The molecule has 0 aliphatic carbocycles. The lowest BCUT2D eigenvalue weighted by atomic mass is 9.95. The first-order valence-corrected chi connectivity index (χ1v) is 9.19. The number of hydrogen-bond donors (Lipinski definition) is 2. The van der Waals surface area contributed by atoms with Crippen molar-refractivity contribution in [3.63, 3.8) is 0 Å². The standard InChI is InChI=1S/C20H24N4O3/c25-19(16-6-10-24(11-7-16)18-14-21-8-9-22-18)23-13-17(20(26)27)12-15-4-2-1-3-5-15/h1-5,8-9,14,16-17H,6-7,10-13H2,(H,23,25)(H,26,27). The lowest BCUT2D eigenvalue weighted by molar-refractivity contribution is -0.141. The lowest BCUT2D eigenvalue weighted by Crippen LogP contribution is -2.43. The van der Waals surface area contributed by atoms with Gasteiger partial charge in [-0.2, -0.15) is 0 Å². The predicted octanol–water partition coefficient (Wildman–Crippen LogP) is 1.75. The summed E-state index contributed by atoms with van der Waals surface area (Å²) in [4.78, 5) is 34.5. The van der Waals surface area contributed by atoms with E-state index >= 15 is 0 Å². The van der Waals surface area contributed by atoms with Gasteiger partial charge in [-0.1, -0.05) is 30.3 Å². The van der Waals surface area contributed by atoms with Gasteiger partial charge in [0.1, 0.15) is 5.82 Å². The molecule has 1 unspecified atom stereocenters. The zero-order valence-corrected chi connectivity index (χ0v) is 15.1. The van der Waals surface area contributed by atoms with Crippen LogP contribution in [0.15, 0.2) is 48.9 Å². The van der Waals surface area contributed by atoms with Crippen molar-refractivity contribution < 1.29 is 14.7 Å². The summed E-state index contributed by atoms with van der Waals surface area (Å²) >= 11 is 0. The molecule has 0 spiro atoms. The molecule has 0 saturated carbocycles. The van der Waals surface area contributed by atoms with E-state index in [1.165, 1.54) is 0 Å². The minimum Gasteiger partial charge on any atom is -0.481 e. The minimum atomic E-state index is -0.892. The summed E-state index contributed by atoms with van der Waals surface area (Å²) in [7, 11) is 0. The number of anilines is 1. The van der Waals surface area contributed by atoms with Gasteiger partial charge in [0.05, 0.1) is 12.1 Å². The monoisotopic (exact) mass is 368 g/mol. The topological polar surface area (TPSA) is 95.4 Å². The minimum absolute atomic E-state index is 0.0619. The zero-order chi connectivity index (χ0) is 19.1. The van der Waals surface area contributed by atoms with Gasteiger partial charge in [0.15, 0.2) is 0 Å². The number of aliphatic carboxylic acids is 1. The van der Waals surface area contributed by atoms with E-state index in [9.17, 15) is 14.7 Å². The van der Waals surface area contributed by atoms with Crippen LogP contribution in [0.2, 0.25) is 0 Å². The first-order chi connectivity index (χ1) is 13.1. The van der Waals surface area contributed by atoms with Gasteiger partial charge in [-0.25, -0.2) is 4.98 Å². The Labute approximate surface area is 158 Å². The number of nitrogens with one attached hydrogen (secondary N) is 1. The van der Waals surface area contributed by atoms with Gasteiger partial charge in [0.25, 0.3) is 0 Å². The van der Waals surface area contributed by atoms with Crippen LogP contribution >= 0.6 is 0 Å². The largest absolute Gasteiger partial charge is 0.481 e. The molecule has 1 saturated heterocycles. The van der Waals surface area contributed by atoms with Crippen molar-refractivity contribution in [1.29, 1.82) is 0 Å². The maximum Gasteiger partial charge on any atom is 0.308 e. The van der Waals surface area contributed by atoms with Gasteiger partial charge in [0.2, 0.25) is 5.91 Å². The number of amides is 1. The molecular weight excluding hydrogens is 344 g/mol. The Bertz CT molecular complexity index is 746. The van der Waals surface area contributed by atoms with E-state index in [2.05, 4.69) is 20.2 Å². The number of nitrogens with zero attached hydrogens (tertiary/aromatic N) is 3. The van der Waals surface area contributed by atoms with Gasteiger partial charge in [0, 0.05) is 37.9 Å². The molecule has 1 aromatic heterocycles. The van der Waals surface area contributed by atoms with E-state index in [4.69, 9.17) is 0 Å². The number of carbonyl (C=O) groups excluding carboxylic acids is 1. The molecule has 2 aromatic rings. The smallest absolute Gasteiger partial charge is 0.308 e. The van der Waals surface area contributed by atoms with Crippen molar-refractivity contribution in [3.8, 4) is 0 Å². The molecule has 1 atom stereocenters. The molecule has 1 aromatic carbocycles. The highest BCUT2D eigenvalue weighted by molar-refractivity contribution is 5.80. The number of carbonyl (C=O) groups is 2. The normalized spacial score (nSPS) is 15.9. The van der Waals surface area contributed by atoms with Crippen molar-refractivity contribution in [2.45, 2.75) is 19.3 Å². The second kappa shape index (κ2) is 9.12. The average molecular weight is 368 g/mol. The molecule has 0 bridgehead atoms. The molecule has 1 aliphatic rings. The Morgan fingerprint density at radius 2 is 1.93 bits per heavy atom. The highest BCUT2D eigenvalue weighted by Crippen LogP contribution is 2.21. The molecule has 0 radical (unpaired) electrons. The van der Waals surface area contributed by atoms with Crippen LogP contribution in [0, 0.1) is 11.8 Å². The number of benzene rings is 1. The molecule has 7 heteroatoms. The second-order valence-corrected chi connectivity index (χ2v) is 6.79. The Balaban J connectivity index is 1.48. The summed E-state index contributed by atoms with van der Waals surface area (Å²) in [5, 5.41) is 12.3. The Morgan fingerprint density at radius 1 is 1.19 bits per heavy atom. The number of rotatable bonds is 7. The summed E-state index contributed by atoms with van der Waals surface area (Å²) in [5.74, 6) is -0.852. The van der Waals surface area contributed by atoms with Crippen molar-refractivity contribution in [2.24, 2.45) is 11.8 Å². The zero-order valence-electron chi connectivity index (χ0n) is 15.1. The fourth-order valence-corrected chi connectivity index (χ4v) is 3.34. The fourth-order valence-electron chi connectivity index (χ4n) is 3.34. The van der Waals surface area contributed by atoms with Gasteiger partial charge in [-0.3, -0.25) is 14.6 Å². The van der Waals surface area contributed by atoms with Crippen LogP contribution in [-0.2, 0) is 16.0 Å². The number of aromatic nitrogens is 2. The molecule has 1 aliphatic heterocycles. The summed E-state index contributed by atoms with van der Waals surface area (Å²) < 4.78 is 0. The van der Waals surface area contributed by atoms with E-state index in [1.807, 2.05) is 30.3 Å². The maximum absolute atomic E-state index is 12.5.